The smallest absolute Gasteiger partial charge is 0.336 e. The lowest BCUT2D eigenvalue weighted by Gasteiger charge is -2.27. The van der Waals surface area contributed by atoms with Crippen molar-refractivity contribution in [1.82, 2.24) is 20.0 Å². The molecule has 5 nitrogen and oxygen atoms in total. The number of carbonyl (C=O) groups excluding carboxylic acids is 1. The zero-order valence-electron chi connectivity index (χ0n) is 16.8. The molecular weight excluding hydrogens is 413 g/mol. The minimum atomic E-state index is -4.34. The number of carbonyl (C=O) groups is 1. The summed E-state index contributed by atoms with van der Waals surface area (Å²) in [7, 11) is 1.87. The molecule has 0 saturated carbocycles. The minimum Gasteiger partial charge on any atom is -0.336 e. The number of halogens is 3. The van der Waals surface area contributed by atoms with Crippen LogP contribution in [0.5, 0.6) is 0 Å². The van der Waals surface area contributed by atoms with Gasteiger partial charge in [-0.3, -0.25) is 9.48 Å². The van der Waals surface area contributed by atoms with Crippen molar-refractivity contribution >= 4 is 17.7 Å². The minimum absolute atomic E-state index is 0.00863. The number of hydrogen-bond donors (Lipinski definition) is 1. The van der Waals surface area contributed by atoms with Crippen molar-refractivity contribution in [1.29, 1.82) is 0 Å². The van der Waals surface area contributed by atoms with Crippen molar-refractivity contribution in [3.05, 3.63) is 52.3 Å². The van der Waals surface area contributed by atoms with Crippen LogP contribution in [-0.2, 0) is 32.6 Å². The van der Waals surface area contributed by atoms with E-state index in [1.807, 2.05) is 28.4 Å². The van der Waals surface area contributed by atoms with E-state index in [1.54, 1.807) is 6.07 Å². The average molecular weight is 439 g/mol. The summed E-state index contributed by atoms with van der Waals surface area (Å²) in [6.07, 6.45) is -2.03. The first-order valence-electron chi connectivity index (χ1n) is 10.1. The number of benzene rings is 1. The Kier molecular flexibility index (Phi) is 6.11. The zero-order chi connectivity index (χ0) is 21.3. The van der Waals surface area contributed by atoms with Gasteiger partial charge in [0.25, 0.3) is 5.91 Å². The molecule has 0 radical (unpaired) electrons. The van der Waals surface area contributed by atoms with Crippen LogP contribution in [0, 0.1) is 0 Å². The summed E-state index contributed by atoms with van der Waals surface area (Å²) in [4.78, 5) is 14.9. The lowest BCUT2D eigenvalue weighted by atomic mass is 9.91. The highest BCUT2D eigenvalue weighted by atomic mass is 32.2. The van der Waals surface area contributed by atoms with Crippen molar-refractivity contribution in [3.8, 4) is 0 Å². The lowest BCUT2D eigenvalue weighted by molar-refractivity contribution is -0.137. The topological polar surface area (TPSA) is 50.2 Å². The van der Waals surface area contributed by atoms with Crippen molar-refractivity contribution in [2.45, 2.75) is 38.0 Å². The second kappa shape index (κ2) is 8.63. The number of amides is 1. The maximum Gasteiger partial charge on any atom is 0.416 e. The van der Waals surface area contributed by atoms with Gasteiger partial charge >= 0.3 is 6.18 Å². The highest BCUT2D eigenvalue weighted by Crippen LogP contribution is 2.30. The Hall–Kier alpha value is -2.00. The number of aryl methyl sites for hydroxylation is 1. The predicted octanol–water partition coefficient (Wildman–Crippen LogP) is 3.28. The largest absolute Gasteiger partial charge is 0.416 e. The van der Waals surface area contributed by atoms with E-state index in [2.05, 4.69) is 10.4 Å². The molecule has 30 heavy (non-hydrogen) atoms. The second-order valence-corrected chi connectivity index (χ2v) is 9.05. The number of hydrogen-bond acceptors (Lipinski definition) is 4. The number of alkyl halides is 3. The van der Waals surface area contributed by atoms with Gasteiger partial charge in [0.1, 0.15) is 0 Å². The lowest BCUT2D eigenvalue weighted by Crippen LogP contribution is -2.39. The van der Waals surface area contributed by atoms with Crippen molar-refractivity contribution < 1.29 is 18.0 Å². The highest BCUT2D eigenvalue weighted by molar-refractivity contribution is 7.99. The third kappa shape index (κ3) is 4.51. The summed E-state index contributed by atoms with van der Waals surface area (Å²) in [6.45, 7) is 1.84. The fraction of sp³-hybridized carbons (Fsp3) is 0.524. The molecule has 1 aromatic heterocycles. The molecule has 1 aliphatic heterocycles. The zero-order valence-corrected chi connectivity index (χ0v) is 17.7. The fourth-order valence-electron chi connectivity index (χ4n) is 4.17. The maximum atomic E-state index is 13.0. The van der Waals surface area contributed by atoms with Gasteiger partial charge in [0.15, 0.2) is 5.69 Å². The second-order valence-electron chi connectivity index (χ2n) is 7.82. The molecule has 2 heterocycles. The molecule has 1 amide bonds. The van der Waals surface area contributed by atoms with Gasteiger partial charge in [0.2, 0.25) is 0 Å². The molecule has 1 unspecified atom stereocenters. The molecular formula is C21H25F3N4OS. The first-order chi connectivity index (χ1) is 14.3. The Bertz CT molecular complexity index is 921. The predicted molar refractivity (Wildman–Crippen MR) is 111 cm³/mol. The summed E-state index contributed by atoms with van der Waals surface area (Å²) in [5.41, 5.74) is 2.57. The molecule has 0 bridgehead atoms. The molecule has 1 aromatic carbocycles. The molecule has 9 heteroatoms. The monoisotopic (exact) mass is 438 g/mol. The highest BCUT2D eigenvalue weighted by Gasteiger charge is 2.32. The van der Waals surface area contributed by atoms with Gasteiger partial charge in [-0.05, 0) is 30.9 Å². The van der Waals surface area contributed by atoms with Gasteiger partial charge in [0, 0.05) is 55.5 Å². The van der Waals surface area contributed by atoms with Crippen LogP contribution < -0.4 is 5.32 Å². The molecule has 0 spiro atoms. The van der Waals surface area contributed by atoms with Gasteiger partial charge in [-0.2, -0.15) is 30.0 Å². The van der Waals surface area contributed by atoms with Crippen LogP contribution in [0.3, 0.4) is 0 Å². The molecule has 2 aliphatic rings. The third-order valence-corrected chi connectivity index (χ3v) is 6.75. The van der Waals surface area contributed by atoms with E-state index < -0.39 is 11.7 Å². The Labute approximate surface area is 178 Å². The number of fused-ring (bicyclic) bond motifs is 1. The Morgan fingerprint density at radius 2 is 2.07 bits per heavy atom. The van der Waals surface area contributed by atoms with Gasteiger partial charge in [0.05, 0.1) is 5.56 Å². The summed E-state index contributed by atoms with van der Waals surface area (Å²) in [5.74, 6) is 1.88. The first-order valence-corrected chi connectivity index (χ1v) is 11.3. The van der Waals surface area contributed by atoms with Gasteiger partial charge in [-0.25, -0.2) is 0 Å². The van der Waals surface area contributed by atoms with Gasteiger partial charge in [-0.1, -0.05) is 18.2 Å². The van der Waals surface area contributed by atoms with Crippen molar-refractivity contribution in [2.24, 2.45) is 7.05 Å². The van der Waals surface area contributed by atoms with Crippen LogP contribution in [0.25, 0.3) is 0 Å². The van der Waals surface area contributed by atoms with Crippen LogP contribution in [0.4, 0.5) is 13.2 Å². The Morgan fingerprint density at radius 3 is 2.80 bits per heavy atom. The SMILES string of the molecule is Cn1nc(C(=O)N2CCSCC2)c2c1CCC(NCc1cccc(C(F)(F)F)c1)C2. The van der Waals surface area contributed by atoms with Crippen LogP contribution in [-0.4, -0.2) is 51.2 Å². The Morgan fingerprint density at radius 1 is 1.30 bits per heavy atom. The van der Waals surface area contributed by atoms with E-state index in [1.165, 1.54) is 12.1 Å². The number of nitrogens with one attached hydrogen (secondary N) is 1. The molecule has 1 N–H and O–H groups in total. The summed E-state index contributed by atoms with van der Waals surface area (Å²) in [5, 5.41) is 7.90. The molecule has 1 saturated heterocycles. The standard InChI is InChI=1S/C21H25F3N4OS/c1-27-18-6-5-16(25-13-14-3-2-4-15(11-14)21(22,23)24)12-17(18)19(26-27)20(29)28-7-9-30-10-8-28/h2-4,11,16,25H,5-10,12-13H2,1H3. The molecule has 1 atom stereocenters. The molecule has 2 aromatic rings. The van der Waals surface area contributed by atoms with Crippen LogP contribution in [0.2, 0.25) is 0 Å². The summed E-state index contributed by atoms with van der Waals surface area (Å²) >= 11 is 1.85. The van der Waals surface area contributed by atoms with E-state index in [0.29, 0.717) is 24.2 Å². The quantitative estimate of drug-likeness (QED) is 0.796. The van der Waals surface area contributed by atoms with Crippen molar-refractivity contribution in [3.63, 3.8) is 0 Å². The van der Waals surface area contributed by atoms with Crippen LogP contribution in [0.15, 0.2) is 24.3 Å². The summed E-state index contributed by atoms with van der Waals surface area (Å²) < 4.78 is 40.6. The fourth-order valence-corrected chi connectivity index (χ4v) is 5.07. The molecule has 1 aliphatic carbocycles. The Balaban J connectivity index is 1.45. The number of nitrogens with zero attached hydrogens (tertiary/aromatic N) is 3. The molecule has 4 rings (SSSR count). The van der Waals surface area contributed by atoms with Crippen LogP contribution in [0.1, 0.15) is 39.3 Å². The van der Waals surface area contributed by atoms with Gasteiger partial charge < -0.3 is 10.2 Å². The first kappa shape index (κ1) is 21.2. The molecule has 162 valence electrons. The van der Waals surface area contributed by atoms with E-state index in [9.17, 15) is 18.0 Å². The number of rotatable bonds is 4. The molecule has 1 fully saturated rings. The van der Waals surface area contributed by atoms with E-state index in [-0.39, 0.29) is 11.9 Å². The van der Waals surface area contributed by atoms with Crippen LogP contribution >= 0.6 is 11.8 Å². The number of aromatic nitrogens is 2. The van der Waals surface area contributed by atoms with Crippen molar-refractivity contribution in [2.75, 3.05) is 24.6 Å². The van der Waals surface area contributed by atoms with E-state index in [0.717, 1.165) is 54.8 Å². The summed E-state index contributed by atoms with van der Waals surface area (Å²) in [6, 6.07) is 5.51. The average Bonchev–Trinajstić information content (AvgIpc) is 3.08. The van der Waals surface area contributed by atoms with E-state index in [4.69, 9.17) is 0 Å². The van der Waals surface area contributed by atoms with E-state index >= 15 is 0 Å². The maximum absolute atomic E-state index is 13.0. The third-order valence-electron chi connectivity index (χ3n) is 5.80. The van der Waals surface area contributed by atoms with Gasteiger partial charge in [-0.15, -0.1) is 0 Å². The normalized spacial score (nSPS) is 19.6. The number of thioether (sulfide) groups is 1.